The topological polar surface area (TPSA) is 99.9 Å². The minimum atomic E-state index is -3.89. The first kappa shape index (κ1) is 25.1. The molecule has 186 valence electrons. The Morgan fingerprint density at radius 1 is 1.00 bits per heavy atom. The number of Topliss-reactive ketones (excluding diaryl/α,β-unsaturated/α-hetero) is 1. The summed E-state index contributed by atoms with van der Waals surface area (Å²) < 4.78 is 52.7. The molecule has 0 spiro atoms. The molecule has 0 bridgehead atoms. The maximum absolute atomic E-state index is 13.5. The molecule has 0 N–H and O–H groups in total. The fourth-order valence-electron chi connectivity index (χ4n) is 4.02. The first-order valence-corrected chi connectivity index (χ1v) is 12.8. The number of ketones is 1. The van der Waals surface area contributed by atoms with Gasteiger partial charge in [0.2, 0.25) is 0 Å². The molecular formula is C27H23FO7S. The third-order valence-electron chi connectivity index (χ3n) is 5.68. The minimum absolute atomic E-state index is 0.0623. The number of carbonyl (C=O) groups is 2. The van der Waals surface area contributed by atoms with Crippen molar-refractivity contribution in [3.63, 3.8) is 0 Å². The van der Waals surface area contributed by atoms with Gasteiger partial charge in [0, 0.05) is 17.4 Å². The number of fused-ring (bicyclic) bond motifs is 1. The molecule has 1 heterocycles. The van der Waals surface area contributed by atoms with Crippen LogP contribution in [0.4, 0.5) is 4.39 Å². The highest BCUT2D eigenvalue weighted by Crippen LogP contribution is 2.38. The predicted octanol–water partition coefficient (Wildman–Crippen LogP) is 5.93. The van der Waals surface area contributed by atoms with Gasteiger partial charge in [0.1, 0.15) is 22.7 Å². The summed E-state index contributed by atoms with van der Waals surface area (Å²) in [5.74, 6) is -1.11. The lowest BCUT2D eigenvalue weighted by atomic mass is 9.94. The molecule has 0 aliphatic rings. The van der Waals surface area contributed by atoms with E-state index in [1.807, 2.05) is 0 Å². The van der Waals surface area contributed by atoms with Crippen LogP contribution in [0.1, 0.15) is 39.6 Å². The van der Waals surface area contributed by atoms with Crippen LogP contribution < -0.4 is 4.18 Å². The van der Waals surface area contributed by atoms with Gasteiger partial charge in [0.15, 0.2) is 11.5 Å². The molecule has 9 heteroatoms. The Labute approximate surface area is 207 Å². The van der Waals surface area contributed by atoms with Gasteiger partial charge in [-0.05, 0) is 72.1 Å². The average Bonchev–Trinajstić information content (AvgIpc) is 3.21. The van der Waals surface area contributed by atoms with E-state index in [0.717, 1.165) is 6.26 Å². The molecule has 4 aromatic rings. The van der Waals surface area contributed by atoms with E-state index in [9.17, 15) is 22.4 Å². The van der Waals surface area contributed by atoms with E-state index in [2.05, 4.69) is 0 Å². The molecule has 0 saturated carbocycles. The number of halogens is 1. The van der Waals surface area contributed by atoms with Gasteiger partial charge in [-0.25, -0.2) is 9.18 Å². The number of ether oxygens (including phenoxy) is 1. The van der Waals surface area contributed by atoms with Crippen LogP contribution >= 0.6 is 0 Å². The minimum Gasteiger partial charge on any atom is -0.465 e. The van der Waals surface area contributed by atoms with Crippen molar-refractivity contribution in [1.82, 2.24) is 0 Å². The SMILES string of the molecule is CCC(=O)c1c(-c2ccc(F)cc2)oc2ccc(-c3cc(C(=O)OC)c(OS(C)(=O)=O)cc3C)cc12. The molecule has 0 unspecified atom stereocenters. The maximum atomic E-state index is 13.5. The van der Waals surface area contributed by atoms with Crippen molar-refractivity contribution in [3.8, 4) is 28.2 Å². The number of rotatable bonds is 7. The summed E-state index contributed by atoms with van der Waals surface area (Å²) in [6.45, 7) is 3.49. The lowest BCUT2D eigenvalue weighted by molar-refractivity contribution is 0.0598. The van der Waals surface area contributed by atoms with Crippen LogP contribution in [0, 0.1) is 12.7 Å². The number of hydrogen-bond donors (Lipinski definition) is 0. The molecule has 0 atom stereocenters. The van der Waals surface area contributed by atoms with E-state index in [0.29, 0.717) is 44.5 Å². The number of furan rings is 1. The van der Waals surface area contributed by atoms with Gasteiger partial charge in [-0.1, -0.05) is 13.0 Å². The molecule has 0 amide bonds. The molecule has 1 aromatic heterocycles. The van der Waals surface area contributed by atoms with E-state index in [-0.39, 0.29) is 23.5 Å². The number of carbonyl (C=O) groups excluding carboxylic acids is 2. The van der Waals surface area contributed by atoms with Crippen LogP contribution in [0.25, 0.3) is 33.4 Å². The summed E-state index contributed by atoms with van der Waals surface area (Å²) in [5, 5.41) is 0.564. The highest BCUT2D eigenvalue weighted by atomic mass is 32.2. The third kappa shape index (κ3) is 4.87. The summed E-state index contributed by atoms with van der Waals surface area (Å²) >= 11 is 0. The van der Waals surface area contributed by atoms with Gasteiger partial charge < -0.3 is 13.3 Å². The Hall–Kier alpha value is -3.98. The van der Waals surface area contributed by atoms with Gasteiger partial charge in [-0.3, -0.25) is 4.79 Å². The monoisotopic (exact) mass is 510 g/mol. The van der Waals surface area contributed by atoms with E-state index in [1.54, 1.807) is 44.2 Å². The molecule has 7 nitrogen and oxygen atoms in total. The molecule has 4 rings (SSSR count). The second kappa shape index (κ2) is 9.58. The Balaban J connectivity index is 1.93. The van der Waals surface area contributed by atoms with Crippen molar-refractivity contribution < 1.29 is 35.7 Å². The number of esters is 1. The molecule has 0 aliphatic carbocycles. The number of aryl methyl sites for hydroxylation is 1. The summed E-state index contributed by atoms with van der Waals surface area (Å²) in [7, 11) is -2.71. The maximum Gasteiger partial charge on any atom is 0.341 e. The van der Waals surface area contributed by atoms with E-state index < -0.39 is 21.9 Å². The van der Waals surface area contributed by atoms with E-state index >= 15 is 0 Å². The molecule has 3 aromatic carbocycles. The molecule has 0 radical (unpaired) electrons. The van der Waals surface area contributed by atoms with Crippen LogP contribution in [0.2, 0.25) is 0 Å². The lowest BCUT2D eigenvalue weighted by Gasteiger charge is -2.13. The standard InChI is InChI=1S/C27H23FO7S/c1-5-22(29)25-20-13-17(8-11-23(20)34-26(25)16-6-9-18(28)10-7-16)19-14-21(27(30)33-3)24(12-15(19)2)35-36(4,31)32/h6-14H,5H2,1-4H3. The average molecular weight is 511 g/mol. The fraction of sp³-hybridized carbons (Fsp3) is 0.185. The Morgan fingerprint density at radius 2 is 1.67 bits per heavy atom. The molecule has 0 fully saturated rings. The Morgan fingerprint density at radius 3 is 2.28 bits per heavy atom. The van der Waals surface area contributed by atoms with E-state index in [4.69, 9.17) is 13.3 Å². The van der Waals surface area contributed by atoms with Crippen LogP contribution in [0.5, 0.6) is 5.75 Å². The highest BCUT2D eigenvalue weighted by molar-refractivity contribution is 7.86. The summed E-state index contributed by atoms with van der Waals surface area (Å²) in [4.78, 5) is 25.4. The zero-order chi connectivity index (χ0) is 26.2. The van der Waals surface area contributed by atoms with Gasteiger partial charge in [-0.2, -0.15) is 8.42 Å². The lowest BCUT2D eigenvalue weighted by Crippen LogP contribution is -2.11. The van der Waals surface area contributed by atoms with Crippen LogP contribution in [0.3, 0.4) is 0 Å². The van der Waals surface area contributed by atoms with Gasteiger partial charge in [0.25, 0.3) is 0 Å². The Kier molecular flexibility index (Phi) is 6.69. The van der Waals surface area contributed by atoms with Crippen molar-refractivity contribution in [1.29, 1.82) is 0 Å². The second-order valence-electron chi connectivity index (χ2n) is 8.24. The summed E-state index contributed by atoms with van der Waals surface area (Å²) in [5.41, 5.74) is 3.25. The Bertz CT molecular complexity index is 1600. The molecule has 0 saturated heterocycles. The normalized spacial score (nSPS) is 11.5. The smallest absolute Gasteiger partial charge is 0.341 e. The van der Waals surface area contributed by atoms with Crippen molar-refractivity contribution >= 4 is 32.8 Å². The number of methoxy groups -OCH3 is 1. The predicted molar refractivity (Wildman–Crippen MR) is 133 cm³/mol. The van der Waals surface area contributed by atoms with Gasteiger partial charge in [-0.15, -0.1) is 0 Å². The van der Waals surface area contributed by atoms with Crippen LogP contribution in [0.15, 0.2) is 59.0 Å². The van der Waals surface area contributed by atoms with Gasteiger partial charge >= 0.3 is 16.1 Å². The van der Waals surface area contributed by atoms with E-state index in [1.165, 1.54) is 31.4 Å². The molecule has 0 aliphatic heterocycles. The molecule has 36 heavy (non-hydrogen) atoms. The first-order valence-electron chi connectivity index (χ1n) is 11.0. The summed E-state index contributed by atoms with van der Waals surface area (Å²) in [6.07, 6.45) is 1.12. The zero-order valence-electron chi connectivity index (χ0n) is 20.0. The van der Waals surface area contributed by atoms with Crippen LogP contribution in [-0.4, -0.2) is 33.5 Å². The van der Waals surface area contributed by atoms with Crippen molar-refractivity contribution in [3.05, 3.63) is 77.1 Å². The zero-order valence-corrected chi connectivity index (χ0v) is 20.9. The first-order chi connectivity index (χ1) is 17.0. The number of benzene rings is 3. The quantitative estimate of drug-likeness (QED) is 0.173. The highest BCUT2D eigenvalue weighted by Gasteiger charge is 2.23. The second-order valence-corrected chi connectivity index (χ2v) is 9.82. The summed E-state index contributed by atoms with van der Waals surface area (Å²) in [6, 6.07) is 13.9. The van der Waals surface area contributed by atoms with Crippen molar-refractivity contribution in [2.24, 2.45) is 0 Å². The number of hydrogen-bond acceptors (Lipinski definition) is 7. The fourth-order valence-corrected chi connectivity index (χ4v) is 4.48. The van der Waals surface area contributed by atoms with Crippen LogP contribution in [-0.2, 0) is 14.9 Å². The van der Waals surface area contributed by atoms with Crippen molar-refractivity contribution in [2.75, 3.05) is 13.4 Å². The molecular weight excluding hydrogens is 487 g/mol. The largest absolute Gasteiger partial charge is 0.465 e. The third-order valence-corrected chi connectivity index (χ3v) is 6.16. The van der Waals surface area contributed by atoms with Crippen molar-refractivity contribution in [2.45, 2.75) is 20.3 Å². The van der Waals surface area contributed by atoms with Gasteiger partial charge in [0.05, 0.1) is 18.9 Å².